The number of carbonyl (C=O) groups excluding carboxylic acids is 3. The van der Waals surface area contributed by atoms with E-state index in [0.717, 1.165) is 27.7 Å². The van der Waals surface area contributed by atoms with Crippen LogP contribution >= 0.6 is 11.6 Å². The molecule has 1 fully saturated rings. The predicted octanol–water partition coefficient (Wildman–Crippen LogP) is 6.53. The number of nitrogens with one attached hydrogen (secondary N) is 1. The lowest BCUT2D eigenvalue weighted by molar-refractivity contribution is -0.130. The van der Waals surface area contributed by atoms with Crippen molar-refractivity contribution < 1.29 is 28.6 Å². The van der Waals surface area contributed by atoms with E-state index in [-0.39, 0.29) is 18.7 Å². The Kier molecular flexibility index (Phi) is 8.74. The number of methoxy groups -OCH3 is 1. The minimum atomic E-state index is -0.805. The molecule has 1 saturated heterocycles. The molecule has 0 saturated carbocycles. The van der Waals surface area contributed by atoms with Crippen LogP contribution in [0.15, 0.2) is 84.4 Å². The summed E-state index contributed by atoms with van der Waals surface area (Å²) >= 11 is 6.32. The van der Waals surface area contributed by atoms with Crippen LogP contribution in [0.2, 0.25) is 5.02 Å². The van der Waals surface area contributed by atoms with Crippen LogP contribution in [-0.4, -0.2) is 36.5 Å². The maximum absolute atomic E-state index is 13.7. The van der Waals surface area contributed by atoms with Gasteiger partial charge >= 0.3 is 6.03 Å². The van der Waals surface area contributed by atoms with Crippen molar-refractivity contribution in [3.63, 3.8) is 0 Å². The fourth-order valence-electron chi connectivity index (χ4n) is 4.63. The molecule has 4 aromatic rings. The Morgan fingerprint density at radius 3 is 2.43 bits per heavy atom. The van der Waals surface area contributed by atoms with Crippen LogP contribution in [0.25, 0.3) is 16.8 Å². The Bertz CT molecular complexity index is 1700. The number of rotatable bonds is 10. The van der Waals surface area contributed by atoms with Gasteiger partial charge in [-0.3, -0.25) is 19.8 Å². The molecule has 0 aliphatic carbocycles. The number of benzene rings is 4. The summed E-state index contributed by atoms with van der Waals surface area (Å²) in [6.07, 6.45) is 2.31. The highest BCUT2D eigenvalue weighted by Gasteiger charge is 2.36. The molecule has 1 heterocycles. The first kappa shape index (κ1) is 28.7. The Labute approximate surface area is 248 Å². The molecular weight excluding hydrogens is 556 g/mol. The molecule has 214 valence electrons. The van der Waals surface area contributed by atoms with E-state index < -0.39 is 17.8 Å². The normalized spacial score (nSPS) is 14.3. The van der Waals surface area contributed by atoms with Gasteiger partial charge in [0.1, 0.15) is 17.9 Å². The fourth-order valence-corrected chi connectivity index (χ4v) is 4.82. The number of fused-ring (bicyclic) bond motifs is 1. The number of imide groups is 2. The van der Waals surface area contributed by atoms with Crippen molar-refractivity contribution in [2.75, 3.05) is 13.7 Å². The molecule has 0 bridgehead atoms. The van der Waals surface area contributed by atoms with Crippen molar-refractivity contribution in [3.8, 4) is 17.2 Å². The molecular formula is C33H29ClN2O6. The van der Waals surface area contributed by atoms with E-state index in [1.807, 2.05) is 55.5 Å². The van der Waals surface area contributed by atoms with Crippen LogP contribution in [0.5, 0.6) is 17.2 Å². The van der Waals surface area contributed by atoms with Gasteiger partial charge < -0.3 is 14.2 Å². The summed E-state index contributed by atoms with van der Waals surface area (Å²) in [5, 5.41) is 4.53. The molecule has 4 aromatic carbocycles. The molecule has 0 atom stereocenters. The third-order valence-electron chi connectivity index (χ3n) is 6.78. The van der Waals surface area contributed by atoms with Gasteiger partial charge in [-0.15, -0.1) is 0 Å². The molecule has 5 rings (SSSR count). The summed E-state index contributed by atoms with van der Waals surface area (Å²) in [7, 11) is 1.52. The minimum Gasteiger partial charge on any atom is -0.493 e. The summed E-state index contributed by atoms with van der Waals surface area (Å²) in [5.74, 6) is -0.00833. The lowest BCUT2D eigenvalue weighted by Gasteiger charge is -2.27. The number of barbiturate groups is 1. The molecule has 1 aliphatic heterocycles. The van der Waals surface area contributed by atoms with Gasteiger partial charge in [-0.25, -0.2) is 4.79 Å². The second kappa shape index (κ2) is 12.8. The fraction of sp³-hybridized carbons (Fsp3) is 0.182. The SMILES string of the molecule is CCCOc1ccc(CN2C(=O)NC(=O)/C(=C\c3c(OCc4ccccc4Cl)ccc4ccccc34)C2=O)cc1OC. The monoisotopic (exact) mass is 584 g/mol. The van der Waals surface area contributed by atoms with E-state index in [2.05, 4.69) is 5.32 Å². The topological polar surface area (TPSA) is 94.2 Å². The number of amides is 4. The van der Waals surface area contributed by atoms with E-state index in [1.165, 1.54) is 13.2 Å². The summed E-state index contributed by atoms with van der Waals surface area (Å²) in [6, 6.07) is 23.0. The number of ether oxygens (including phenoxy) is 3. The van der Waals surface area contributed by atoms with Crippen LogP contribution < -0.4 is 19.5 Å². The first-order chi connectivity index (χ1) is 20.4. The number of hydrogen-bond acceptors (Lipinski definition) is 6. The highest BCUT2D eigenvalue weighted by molar-refractivity contribution is 6.31. The van der Waals surface area contributed by atoms with Crippen molar-refractivity contribution >= 4 is 46.3 Å². The van der Waals surface area contributed by atoms with Gasteiger partial charge in [0.05, 0.1) is 20.3 Å². The van der Waals surface area contributed by atoms with Gasteiger partial charge in [0.2, 0.25) is 0 Å². The molecule has 0 unspecified atom stereocenters. The number of carbonyl (C=O) groups is 3. The zero-order valence-electron chi connectivity index (χ0n) is 23.2. The average Bonchev–Trinajstić information content (AvgIpc) is 3.00. The zero-order valence-corrected chi connectivity index (χ0v) is 23.9. The van der Waals surface area contributed by atoms with E-state index in [4.69, 9.17) is 25.8 Å². The van der Waals surface area contributed by atoms with Gasteiger partial charge in [-0.2, -0.15) is 0 Å². The van der Waals surface area contributed by atoms with Crippen molar-refractivity contribution in [2.24, 2.45) is 0 Å². The quantitative estimate of drug-likeness (QED) is 0.168. The van der Waals surface area contributed by atoms with Crippen molar-refractivity contribution in [1.29, 1.82) is 0 Å². The first-order valence-corrected chi connectivity index (χ1v) is 13.8. The molecule has 0 aromatic heterocycles. The molecule has 4 amide bonds. The molecule has 9 heteroatoms. The summed E-state index contributed by atoms with van der Waals surface area (Å²) in [6.45, 7) is 2.63. The summed E-state index contributed by atoms with van der Waals surface area (Å²) < 4.78 is 17.3. The van der Waals surface area contributed by atoms with Gasteiger partial charge in [-0.05, 0) is 53.1 Å². The van der Waals surface area contributed by atoms with Crippen LogP contribution in [0.4, 0.5) is 4.79 Å². The lowest BCUT2D eigenvalue weighted by Crippen LogP contribution is -2.53. The van der Waals surface area contributed by atoms with Crippen LogP contribution in [0.1, 0.15) is 30.0 Å². The van der Waals surface area contributed by atoms with Crippen molar-refractivity contribution in [3.05, 3.63) is 106 Å². The van der Waals surface area contributed by atoms with Crippen LogP contribution in [0.3, 0.4) is 0 Å². The number of halogens is 1. The first-order valence-electron chi connectivity index (χ1n) is 13.5. The average molecular weight is 585 g/mol. The molecule has 8 nitrogen and oxygen atoms in total. The Morgan fingerprint density at radius 1 is 0.881 bits per heavy atom. The van der Waals surface area contributed by atoms with Gasteiger partial charge in [0.15, 0.2) is 11.5 Å². The van der Waals surface area contributed by atoms with Gasteiger partial charge in [0, 0.05) is 16.1 Å². The van der Waals surface area contributed by atoms with Crippen molar-refractivity contribution in [2.45, 2.75) is 26.5 Å². The van der Waals surface area contributed by atoms with E-state index in [0.29, 0.717) is 40.0 Å². The zero-order chi connectivity index (χ0) is 29.6. The molecule has 0 spiro atoms. The van der Waals surface area contributed by atoms with Crippen molar-refractivity contribution in [1.82, 2.24) is 10.2 Å². The predicted molar refractivity (Wildman–Crippen MR) is 161 cm³/mol. The third kappa shape index (κ3) is 6.09. The second-order valence-corrected chi connectivity index (χ2v) is 10.0. The summed E-state index contributed by atoms with van der Waals surface area (Å²) in [5.41, 5.74) is 1.76. The minimum absolute atomic E-state index is 0.0783. The molecule has 1 N–H and O–H groups in total. The van der Waals surface area contributed by atoms with E-state index in [1.54, 1.807) is 30.3 Å². The van der Waals surface area contributed by atoms with E-state index in [9.17, 15) is 14.4 Å². The molecule has 0 radical (unpaired) electrons. The Balaban J connectivity index is 1.48. The van der Waals surface area contributed by atoms with Crippen LogP contribution in [-0.2, 0) is 22.7 Å². The maximum atomic E-state index is 13.7. The second-order valence-electron chi connectivity index (χ2n) is 9.62. The highest BCUT2D eigenvalue weighted by Crippen LogP contribution is 2.33. The van der Waals surface area contributed by atoms with Crippen LogP contribution in [0, 0.1) is 0 Å². The largest absolute Gasteiger partial charge is 0.493 e. The number of nitrogens with zero attached hydrogens (tertiary/aromatic N) is 1. The van der Waals surface area contributed by atoms with Gasteiger partial charge in [-0.1, -0.05) is 73.1 Å². The smallest absolute Gasteiger partial charge is 0.331 e. The maximum Gasteiger partial charge on any atom is 0.331 e. The third-order valence-corrected chi connectivity index (χ3v) is 7.15. The van der Waals surface area contributed by atoms with E-state index >= 15 is 0 Å². The number of urea groups is 1. The molecule has 42 heavy (non-hydrogen) atoms. The molecule has 1 aliphatic rings. The number of hydrogen-bond donors (Lipinski definition) is 1. The highest BCUT2D eigenvalue weighted by atomic mass is 35.5. The standard InChI is InChI=1S/C33H29ClN2O6/c1-3-16-41-29-14-12-21(17-30(29)40-2)19-36-32(38)26(31(37)35-33(36)39)18-25-24-10-6-4-8-22(24)13-15-28(25)42-20-23-9-5-7-11-27(23)34/h4-15,17-18H,3,16,19-20H2,1-2H3,(H,35,37,39)/b26-18+. The van der Waals surface area contributed by atoms with Gasteiger partial charge in [0.25, 0.3) is 11.8 Å². The lowest BCUT2D eigenvalue weighted by atomic mass is 9.99. The summed E-state index contributed by atoms with van der Waals surface area (Å²) in [4.78, 5) is 40.4. The Morgan fingerprint density at radius 2 is 1.64 bits per heavy atom. The Hall–Kier alpha value is -4.82.